The summed E-state index contributed by atoms with van der Waals surface area (Å²) in [5.41, 5.74) is 0. The maximum Gasteiger partial charge on any atom is 0.402 e. The second kappa shape index (κ2) is 5.30. The van der Waals surface area contributed by atoms with Gasteiger partial charge in [-0.2, -0.15) is 0 Å². The van der Waals surface area contributed by atoms with E-state index in [0.29, 0.717) is 0 Å². The van der Waals surface area contributed by atoms with E-state index in [2.05, 4.69) is 52.1 Å². The van der Waals surface area contributed by atoms with E-state index in [-0.39, 0.29) is 0 Å². The summed E-state index contributed by atoms with van der Waals surface area (Å²) in [6, 6.07) is 0. The van der Waals surface area contributed by atoms with Crippen molar-refractivity contribution in [3.8, 4) is 0 Å². The van der Waals surface area contributed by atoms with Crippen LogP contribution in [0.2, 0.25) is 0 Å². The van der Waals surface area contributed by atoms with Crippen LogP contribution in [0.25, 0.3) is 0 Å². The lowest BCUT2D eigenvalue weighted by Gasteiger charge is -1.83. The summed E-state index contributed by atoms with van der Waals surface area (Å²) in [7, 11) is 0. The topological polar surface area (TPSA) is 77.3 Å². The Balaban J connectivity index is 3.38. The second-order valence-corrected chi connectivity index (χ2v) is 2.12. The lowest BCUT2D eigenvalue weighted by molar-refractivity contribution is 0.119. The molecule has 0 aromatic carbocycles. The maximum absolute atomic E-state index is 9.88. The number of carbonyl (C=O) groups is 2. The zero-order chi connectivity index (χ0) is 7.98. The minimum Gasteiger partial charge on any atom is -0.286 e. The van der Waals surface area contributed by atoms with Crippen LogP contribution in [-0.2, 0) is 9.68 Å². The Morgan fingerprint density at radius 3 is 1.50 bits per heavy atom. The number of hydrogen-bond donors (Lipinski definition) is 0. The van der Waals surface area contributed by atoms with Gasteiger partial charge < -0.3 is 0 Å². The molecule has 0 bridgehead atoms. The van der Waals surface area contributed by atoms with Crippen LogP contribution in [0.1, 0.15) is 0 Å². The third kappa shape index (κ3) is 7.50. The van der Waals surface area contributed by atoms with Gasteiger partial charge >= 0.3 is 9.76 Å². The van der Waals surface area contributed by atoms with Gasteiger partial charge in [0.1, 0.15) is 0 Å². The van der Waals surface area contributed by atoms with E-state index < -0.39 is 9.76 Å². The molecular weight excluding hydrogens is 276 g/mol. The van der Waals surface area contributed by atoms with Gasteiger partial charge in [0.05, 0.1) is 10.6 Å². The molecule has 0 spiro atoms. The summed E-state index contributed by atoms with van der Waals surface area (Å²) in [6.07, 6.45) is 0. The van der Waals surface area contributed by atoms with Crippen LogP contribution in [0, 0.1) is 0 Å². The Morgan fingerprint density at radius 2 is 1.30 bits per heavy atom. The molecule has 0 aliphatic rings. The highest BCUT2D eigenvalue weighted by atomic mass is 79.9. The van der Waals surface area contributed by atoms with Crippen LogP contribution in [0.4, 0.5) is 9.59 Å². The fraction of sp³-hybridized carbons (Fsp3) is 0. The zero-order valence-electron chi connectivity index (χ0n) is 4.28. The highest BCUT2D eigenvalue weighted by Gasteiger charge is 1.93. The predicted octanol–water partition coefficient (Wildman–Crippen LogP) is 2.33. The minimum atomic E-state index is -0.832. The van der Waals surface area contributed by atoms with Crippen molar-refractivity contribution in [2.45, 2.75) is 0 Å². The van der Waals surface area contributed by atoms with E-state index in [1.54, 1.807) is 0 Å². The maximum atomic E-state index is 9.88. The molecule has 0 heterocycles. The van der Waals surface area contributed by atoms with Gasteiger partial charge in [-0.25, -0.2) is 9.59 Å². The van der Waals surface area contributed by atoms with E-state index in [9.17, 15) is 9.59 Å². The molecule has 0 aliphatic heterocycles. The summed E-state index contributed by atoms with van der Waals surface area (Å²) in [4.78, 5) is 25.8. The molecule has 56 valence electrons. The first-order valence-electron chi connectivity index (χ1n) is 1.76. The van der Waals surface area contributed by atoms with Crippen LogP contribution in [0.15, 0.2) is 10.6 Å². The summed E-state index contributed by atoms with van der Waals surface area (Å²) >= 11 is 4.75. The number of carbonyl (C=O) groups excluding carboxylic acids is 2. The van der Waals surface area contributed by atoms with Crippen molar-refractivity contribution in [2.24, 2.45) is 10.6 Å². The van der Waals surface area contributed by atoms with Gasteiger partial charge in [0.25, 0.3) is 0 Å². The van der Waals surface area contributed by atoms with Crippen molar-refractivity contribution in [2.75, 3.05) is 0 Å². The quantitative estimate of drug-likeness (QED) is 0.440. The van der Waals surface area contributed by atoms with Crippen LogP contribution in [0.5, 0.6) is 0 Å². The molecule has 0 amide bonds. The molecule has 0 saturated heterocycles. The summed E-state index contributed by atoms with van der Waals surface area (Å²) in [6.45, 7) is 0. The third-order valence-electron chi connectivity index (χ3n) is 0.259. The lowest BCUT2D eigenvalue weighted by Crippen LogP contribution is -1.84. The van der Waals surface area contributed by atoms with Gasteiger partial charge in [0.15, 0.2) is 0 Å². The molecule has 0 radical (unpaired) electrons. The Labute approximate surface area is 71.7 Å². The zero-order valence-corrected chi connectivity index (χ0v) is 7.46. The van der Waals surface area contributed by atoms with Gasteiger partial charge in [-0.1, -0.05) is 0 Å². The smallest absolute Gasteiger partial charge is 0.286 e. The van der Waals surface area contributed by atoms with Gasteiger partial charge in [-0.05, 0) is 0 Å². The lowest BCUT2D eigenvalue weighted by atomic mass is 11.6. The van der Waals surface area contributed by atoms with Crippen molar-refractivity contribution in [3.63, 3.8) is 0 Å². The molecule has 0 atom stereocenters. The molecule has 8 heteroatoms. The van der Waals surface area contributed by atoms with E-state index >= 15 is 0 Å². The molecule has 6 nitrogen and oxygen atoms in total. The number of hydrogen-bond acceptors (Lipinski definition) is 6. The Bertz CT molecular complexity index is 151. The van der Waals surface area contributed by atoms with Crippen molar-refractivity contribution in [1.82, 2.24) is 0 Å². The highest BCUT2D eigenvalue weighted by molar-refractivity contribution is 9.18. The Morgan fingerprint density at radius 1 is 1.00 bits per heavy atom. The Hall–Kier alpha value is -0.500. The fourth-order valence-corrected chi connectivity index (χ4v) is 0.227. The fourth-order valence-electron chi connectivity index (χ4n) is 0.0975. The van der Waals surface area contributed by atoms with E-state index in [4.69, 9.17) is 0 Å². The van der Waals surface area contributed by atoms with Gasteiger partial charge in [0.2, 0.25) is 0 Å². The molecule has 10 heavy (non-hydrogen) atoms. The van der Waals surface area contributed by atoms with Crippen molar-refractivity contribution in [1.29, 1.82) is 0 Å². The predicted molar refractivity (Wildman–Crippen MR) is 35.7 cm³/mol. The first-order chi connectivity index (χ1) is 4.63. The molecule has 0 N–H and O–H groups in total. The third-order valence-corrected chi connectivity index (χ3v) is 0.548. The van der Waals surface area contributed by atoms with Gasteiger partial charge in [-0.15, -0.1) is 0 Å². The molecule has 0 saturated carbocycles. The van der Waals surface area contributed by atoms with E-state index in [1.807, 2.05) is 0 Å². The average Bonchev–Trinajstić information content (AvgIpc) is 1.79. The van der Waals surface area contributed by atoms with E-state index in [1.165, 1.54) is 0 Å². The molecule has 0 aromatic heterocycles. The van der Waals surface area contributed by atoms with Crippen LogP contribution in [0.3, 0.4) is 0 Å². The summed E-state index contributed by atoms with van der Waals surface area (Å²) in [5.74, 6) is 0. The molecule has 0 fully saturated rings. The highest BCUT2D eigenvalue weighted by Crippen LogP contribution is 1.94. The monoisotopic (exact) mass is 274 g/mol. The van der Waals surface area contributed by atoms with Gasteiger partial charge in [-0.3, -0.25) is 9.68 Å². The van der Waals surface area contributed by atoms with Crippen molar-refractivity contribution in [3.05, 3.63) is 0 Å². The molecule has 0 aromatic rings. The summed E-state index contributed by atoms with van der Waals surface area (Å²) in [5, 5.41) is 5.33. The first kappa shape index (κ1) is 9.50. The van der Waals surface area contributed by atoms with E-state index in [0.717, 1.165) is 0 Å². The average molecular weight is 276 g/mol. The normalized spacial score (nSPS) is 9.40. The Kier molecular flexibility index (Phi) is 5.03. The van der Waals surface area contributed by atoms with Crippen LogP contribution >= 0.6 is 31.9 Å². The number of halogens is 2. The molecule has 0 aliphatic carbocycles. The SMILES string of the molecule is O=C(Br)O/N=N/OC(=O)Br. The molecule has 0 rings (SSSR count). The second-order valence-electron chi connectivity index (χ2n) is 0.821. The van der Waals surface area contributed by atoms with Gasteiger partial charge in [0, 0.05) is 31.9 Å². The largest absolute Gasteiger partial charge is 0.402 e. The molecular formula is C2Br2N2O4. The first-order valence-corrected chi connectivity index (χ1v) is 3.35. The van der Waals surface area contributed by atoms with Crippen molar-refractivity contribution < 1.29 is 19.3 Å². The standard InChI is InChI=1S/C2Br2N2O4/c3-1(7)9-5-6-10-2(4)8/b6-5+. The summed E-state index contributed by atoms with van der Waals surface area (Å²) < 4.78 is 0. The number of nitrogens with zero attached hydrogens (tertiary/aromatic N) is 2. The molecule has 0 unspecified atom stereocenters. The number of rotatable bonds is 2. The van der Waals surface area contributed by atoms with Crippen LogP contribution < -0.4 is 0 Å². The minimum absolute atomic E-state index is 0.832. The van der Waals surface area contributed by atoms with Crippen molar-refractivity contribution >= 4 is 41.6 Å². The van der Waals surface area contributed by atoms with Crippen LogP contribution in [-0.4, -0.2) is 9.76 Å².